The lowest BCUT2D eigenvalue weighted by Crippen LogP contribution is -1.92. The number of hydrogen-bond acceptors (Lipinski definition) is 3. The zero-order valence-electron chi connectivity index (χ0n) is 8.82. The summed E-state index contributed by atoms with van der Waals surface area (Å²) in [6.45, 7) is 2.50. The van der Waals surface area contributed by atoms with Gasteiger partial charge in [0.05, 0.1) is 5.56 Å². The van der Waals surface area contributed by atoms with Crippen LogP contribution >= 0.6 is 11.3 Å². The fourth-order valence-electron chi connectivity index (χ4n) is 1.88. The predicted molar refractivity (Wildman–Crippen MR) is 63.6 cm³/mol. The van der Waals surface area contributed by atoms with Crippen molar-refractivity contribution in [3.05, 3.63) is 46.3 Å². The maximum atomic E-state index is 11.3. The van der Waals surface area contributed by atoms with Crippen LogP contribution in [0.3, 0.4) is 0 Å². The molecule has 0 fully saturated rings. The van der Waals surface area contributed by atoms with Crippen molar-refractivity contribution in [1.29, 1.82) is 0 Å². The Bertz CT molecular complexity index is 569. The molecule has 1 aliphatic rings. The molecule has 0 saturated carbocycles. The van der Waals surface area contributed by atoms with Gasteiger partial charge in [-0.25, -0.2) is 4.79 Å². The van der Waals surface area contributed by atoms with Gasteiger partial charge in [-0.3, -0.25) is 0 Å². The van der Waals surface area contributed by atoms with Crippen LogP contribution < -0.4 is 0 Å². The molecular weight excluding hydrogens is 220 g/mol. The van der Waals surface area contributed by atoms with E-state index in [2.05, 4.69) is 19.1 Å². The van der Waals surface area contributed by atoms with Crippen molar-refractivity contribution in [2.75, 3.05) is 0 Å². The van der Waals surface area contributed by atoms with Crippen LogP contribution in [-0.4, -0.2) is 5.97 Å². The first-order valence-corrected chi connectivity index (χ1v) is 5.92. The average Bonchev–Trinajstić information content (AvgIpc) is 2.86. The highest BCUT2D eigenvalue weighted by Gasteiger charge is 2.21. The molecule has 3 heteroatoms. The number of carbonyl (C=O) groups is 1. The van der Waals surface area contributed by atoms with E-state index in [4.69, 9.17) is 4.74 Å². The van der Waals surface area contributed by atoms with E-state index < -0.39 is 0 Å². The number of carbonyl (C=O) groups excluding carboxylic acids is 1. The number of ether oxygens (including phenoxy) is 1. The molecule has 0 saturated heterocycles. The summed E-state index contributed by atoms with van der Waals surface area (Å²) in [6.07, 6.45) is 0. The summed E-state index contributed by atoms with van der Waals surface area (Å²) < 4.78 is 4.98. The quantitative estimate of drug-likeness (QED) is 0.702. The minimum absolute atomic E-state index is 0.205. The van der Waals surface area contributed by atoms with Crippen LogP contribution in [0.5, 0.6) is 0 Å². The molecule has 0 spiro atoms. The Hall–Kier alpha value is -1.61. The van der Waals surface area contributed by atoms with Crippen molar-refractivity contribution in [2.24, 2.45) is 0 Å². The zero-order valence-corrected chi connectivity index (χ0v) is 9.64. The second kappa shape index (κ2) is 3.46. The van der Waals surface area contributed by atoms with Crippen LogP contribution in [0.1, 0.15) is 20.8 Å². The number of thiophene rings is 1. The largest absolute Gasteiger partial charge is 0.457 e. The molecule has 0 amide bonds. The van der Waals surface area contributed by atoms with Crippen molar-refractivity contribution in [3.8, 4) is 10.4 Å². The highest BCUT2D eigenvalue weighted by molar-refractivity contribution is 7.15. The first kappa shape index (κ1) is 9.60. The third kappa shape index (κ3) is 1.44. The van der Waals surface area contributed by atoms with Crippen LogP contribution in [0.4, 0.5) is 0 Å². The molecule has 0 bridgehead atoms. The van der Waals surface area contributed by atoms with Crippen LogP contribution in [0.15, 0.2) is 30.3 Å². The number of hydrogen-bond donors (Lipinski definition) is 0. The van der Waals surface area contributed by atoms with Crippen LogP contribution in [0.2, 0.25) is 0 Å². The van der Waals surface area contributed by atoms with Gasteiger partial charge in [0.15, 0.2) is 0 Å². The fourth-order valence-corrected chi connectivity index (χ4v) is 2.74. The van der Waals surface area contributed by atoms with Gasteiger partial charge in [0.2, 0.25) is 0 Å². The molecule has 1 aromatic heterocycles. The first-order valence-electron chi connectivity index (χ1n) is 5.11. The van der Waals surface area contributed by atoms with Gasteiger partial charge in [0, 0.05) is 15.3 Å². The normalized spacial score (nSPS) is 13.7. The van der Waals surface area contributed by atoms with E-state index in [0.717, 1.165) is 11.1 Å². The van der Waals surface area contributed by atoms with Crippen molar-refractivity contribution in [2.45, 2.75) is 13.5 Å². The highest BCUT2D eigenvalue weighted by atomic mass is 32.1. The van der Waals surface area contributed by atoms with Crippen LogP contribution in [0.25, 0.3) is 10.4 Å². The summed E-state index contributed by atoms with van der Waals surface area (Å²) in [5.74, 6) is -0.205. The Morgan fingerprint density at radius 3 is 2.88 bits per heavy atom. The lowest BCUT2D eigenvalue weighted by molar-refractivity contribution is 0.0535. The Kier molecular flexibility index (Phi) is 2.07. The monoisotopic (exact) mass is 230 g/mol. The van der Waals surface area contributed by atoms with Crippen molar-refractivity contribution < 1.29 is 9.53 Å². The Morgan fingerprint density at radius 2 is 2.12 bits per heavy atom. The molecule has 0 unspecified atom stereocenters. The predicted octanol–water partition coefficient (Wildman–Crippen LogP) is 3.39. The van der Waals surface area contributed by atoms with Gasteiger partial charge in [0.25, 0.3) is 0 Å². The second-order valence-electron chi connectivity index (χ2n) is 3.86. The lowest BCUT2D eigenvalue weighted by Gasteiger charge is -1.99. The van der Waals surface area contributed by atoms with Gasteiger partial charge >= 0.3 is 5.97 Å². The van der Waals surface area contributed by atoms with Crippen LogP contribution in [-0.2, 0) is 11.3 Å². The molecule has 0 radical (unpaired) electrons. The molecule has 2 nitrogen and oxygen atoms in total. The van der Waals surface area contributed by atoms with Gasteiger partial charge in [-0.05, 0) is 36.8 Å². The SMILES string of the molecule is Cc1ccc(-c2ccc3c(c2)COC3=O)s1. The Morgan fingerprint density at radius 1 is 1.25 bits per heavy atom. The first-order chi connectivity index (χ1) is 7.74. The smallest absolute Gasteiger partial charge is 0.338 e. The maximum Gasteiger partial charge on any atom is 0.338 e. The molecule has 16 heavy (non-hydrogen) atoms. The number of cyclic esters (lactones) is 1. The molecule has 0 N–H and O–H groups in total. The summed E-state index contributed by atoms with van der Waals surface area (Å²) in [5, 5.41) is 0. The minimum Gasteiger partial charge on any atom is -0.457 e. The van der Waals surface area contributed by atoms with Gasteiger partial charge in [0.1, 0.15) is 6.61 Å². The summed E-state index contributed by atoms with van der Waals surface area (Å²) in [7, 11) is 0. The molecule has 2 aromatic rings. The van der Waals surface area contributed by atoms with E-state index in [0.29, 0.717) is 12.2 Å². The number of benzene rings is 1. The molecule has 2 heterocycles. The summed E-state index contributed by atoms with van der Waals surface area (Å²) in [4.78, 5) is 13.8. The second-order valence-corrected chi connectivity index (χ2v) is 5.15. The molecule has 1 aromatic carbocycles. The fraction of sp³-hybridized carbons (Fsp3) is 0.154. The number of rotatable bonds is 1. The third-order valence-electron chi connectivity index (χ3n) is 2.71. The van der Waals surface area contributed by atoms with E-state index in [9.17, 15) is 4.79 Å². The van der Waals surface area contributed by atoms with E-state index in [-0.39, 0.29) is 5.97 Å². The topological polar surface area (TPSA) is 26.3 Å². The van der Waals surface area contributed by atoms with Gasteiger partial charge < -0.3 is 4.74 Å². The minimum atomic E-state index is -0.205. The Balaban J connectivity index is 2.08. The molecule has 1 aliphatic heterocycles. The molecule has 80 valence electrons. The maximum absolute atomic E-state index is 11.3. The van der Waals surface area contributed by atoms with E-state index in [1.54, 1.807) is 11.3 Å². The van der Waals surface area contributed by atoms with Gasteiger partial charge in [-0.1, -0.05) is 6.07 Å². The molecule has 0 atom stereocenters. The van der Waals surface area contributed by atoms with E-state index >= 15 is 0 Å². The Labute approximate surface area is 97.5 Å². The van der Waals surface area contributed by atoms with Crippen molar-refractivity contribution in [1.82, 2.24) is 0 Å². The number of esters is 1. The highest BCUT2D eigenvalue weighted by Crippen LogP contribution is 2.31. The van der Waals surface area contributed by atoms with Crippen LogP contribution in [0, 0.1) is 6.92 Å². The van der Waals surface area contributed by atoms with Gasteiger partial charge in [-0.15, -0.1) is 11.3 Å². The standard InChI is InChI=1S/C13H10O2S/c1-8-2-5-12(16-8)9-3-4-11-10(6-9)7-15-13(11)14/h2-6H,7H2,1H3. The van der Waals surface area contributed by atoms with Crippen molar-refractivity contribution >= 4 is 17.3 Å². The lowest BCUT2D eigenvalue weighted by atomic mass is 10.1. The van der Waals surface area contributed by atoms with Gasteiger partial charge in [-0.2, -0.15) is 0 Å². The summed E-state index contributed by atoms with van der Waals surface area (Å²) in [6, 6.07) is 10.1. The van der Waals surface area contributed by atoms with Crippen molar-refractivity contribution in [3.63, 3.8) is 0 Å². The third-order valence-corrected chi connectivity index (χ3v) is 3.76. The average molecular weight is 230 g/mol. The zero-order chi connectivity index (χ0) is 11.1. The van der Waals surface area contributed by atoms with E-state index in [1.807, 2.05) is 18.2 Å². The molecule has 3 rings (SSSR count). The molecular formula is C13H10O2S. The number of aryl methyl sites for hydroxylation is 1. The van der Waals surface area contributed by atoms with E-state index in [1.165, 1.54) is 9.75 Å². The summed E-state index contributed by atoms with van der Waals surface area (Å²) in [5.41, 5.74) is 2.86. The summed E-state index contributed by atoms with van der Waals surface area (Å²) >= 11 is 1.76. The molecule has 0 aliphatic carbocycles. The number of fused-ring (bicyclic) bond motifs is 1.